The molecule has 0 saturated carbocycles. The molecule has 0 radical (unpaired) electrons. The molecule has 0 bridgehead atoms. The molecule has 0 N–H and O–H groups in total. The number of hydrogen-bond donors (Lipinski definition) is 0. The van der Waals surface area contributed by atoms with Crippen LogP contribution in [0.2, 0.25) is 0 Å². The summed E-state index contributed by atoms with van der Waals surface area (Å²) >= 11 is 0. The van der Waals surface area contributed by atoms with Gasteiger partial charge in [0.2, 0.25) is 11.4 Å². The van der Waals surface area contributed by atoms with Crippen molar-refractivity contribution in [3.63, 3.8) is 0 Å². The second-order valence-electron chi connectivity index (χ2n) is 10.1. The van der Waals surface area contributed by atoms with Gasteiger partial charge in [0.25, 0.3) is 11.4 Å². The number of rotatable bonds is 6. The van der Waals surface area contributed by atoms with E-state index in [9.17, 15) is 0 Å². The fourth-order valence-corrected chi connectivity index (χ4v) is 4.55. The minimum absolute atomic E-state index is 0.451. The summed E-state index contributed by atoms with van der Waals surface area (Å²) in [5.74, 6) is 1.80. The Bertz CT molecular complexity index is 952. The predicted molar refractivity (Wildman–Crippen MR) is 132 cm³/mol. The summed E-state index contributed by atoms with van der Waals surface area (Å²) in [7, 11) is 0. The number of allylic oxidation sites excluding steroid dienone is 2. The molecule has 0 atom stereocenters. The van der Waals surface area contributed by atoms with Crippen LogP contribution < -0.4 is 0 Å². The lowest BCUT2D eigenvalue weighted by Crippen LogP contribution is -2.08. The molecule has 2 heteroatoms. The minimum atomic E-state index is 0.451. The van der Waals surface area contributed by atoms with Crippen LogP contribution in [0.15, 0.2) is 47.8 Å². The molecular weight excluding hydrogens is 376 g/mol. The Kier molecular flexibility index (Phi) is 6.72. The van der Waals surface area contributed by atoms with Crippen molar-refractivity contribution >= 4 is 17.4 Å². The Morgan fingerprint density at radius 3 is 1.00 bits per heavy atom. The first kappa shape index (κ1) is 23.2. The first-order chi connectivity index (χ1) is 14.6. The van der Waals surface area contributed by atoms with Crippen molar-refractivity contribution in [3.8, 4) is 0 Å². The Morgan fingerprint density at radius 1 is 0.516 bits per heavy atom. The third-order valence-corrected chi connectivity index (χ3v) is 6.53. The summed E-state index contributed by atoms with van der Waals surface area (Å²) in [5, 5.41) is 0. The van der Waals surface area contributed by atoms with Crippen LogP contribution >= 0.6 is 0 Å². The fraction of sp³-hybridized carbons (Fsp3) is 0.483. The van der Waals surface area contributed by atoms with Crippen LogP contribution in [0.4, 0.5) is 11.4 Å². The van der Waals surface area contributed by atoms with Crippen LogP contribution in [0, 0.1) is 0 Å². The smallest absolute Gasteiger partial charge is 0.0612 e. The molecule has 3 rings (SSSR count). The van der Waals surface area contributed by atoms with Gasteiger partial charge in [-0.1, -0.05) is 101 Å². The zero-order valence-electron chi connectivity index (χ0n) is 21.2. The van der Waals surface area contributed by atoms with Crippen molar-refractivity contribution in [1.82, 2.24) is 0 Å². The monoisotopic (exact) mass is 416 g/mol. The van der Waals surface area contributed by atoms with E-state index >= 15 is 0 Å². The summed E-state index contributed by atoms with van der Waals surface area (Å²) in [6, 6.07) is 17.3. The fourth-order valence-electron chi connectivity index (χ4n) is 4.55. The highest BCUT2D eigenvalue weighted by Crippen LogP contribution is 2.40. The maximum Gasteiger partial charge on any atom is 0.502 e. The van der Waals surface area contributed by atoms with Crippen LogP contribution in [0.1, 0.15) is 115 Å². The Labute approximate surface area is 189 Å². The van der Waals surface area contributed by atoms with Crippen molar-refractivity contribution in [2.45, 2.75) is 92.9 Å². The van der Waals surface area contributed by atoms with Crippen LogP contribution in [0.25, 0.3) is 0 Å². The molecule has 2 aromatic carbocycles. The van der Waals surface area contributed by atoms with E-state index in [0.717, 1.165) is 0 Å². The third-order valence-electron chi connectivity index (χ3n) is 6.53. The van der Waals surface area contributed by atoms with Gasteiger partial charge in [0.1, 0.15) is 0 Å². The number of para-hydroxylation sites is 2. The quantitative estimate of drug-likeness (QED) is 0.416. The highest BCUT2D eigenvalue weighted by molar-refractivity contribution is 5.58. The predicted octanol–water partition coefficient (Wildman–Crippen LogP) is 8.61. The van der Waals surface area contributed by atoms with Gasteiger partial charge in [-0.15, -0.1) is 0 Å². The van der Waals surface area contributed by atoms with Gasteiger partial charge in [-0.3, -0.25) is 0 Å². The molecule has 2 aromatic rings. The largest absolute Gasteiger partial charge is 0.502 e. The highest BCUT2D eigenvalue weighted by Gasteiger charge is 2.39. The van der Waals surface area contributed by atoms with Gasteiger partial charge >= 0.3 is 6.01 Å². The lowest BCUT2D eigenvalue weighted by Gasteiger charge is -2.14. The van der Waals surface area contributed by atoms with Crippen molar-refractivity contribution in [1.29, 1.82) is 0 Å². The van der Waals surface area contributed by atoms with Crippen LogP contribution in [0.3, 0.4) is 0 Å². The number of nitrogens with zero attached hydrogens (tertiary/aromatic N) is 2. The van der Waals surface area contributed by atoms with Gasteiger partial charge < -0.3 is 0 Å². The molecule has 31 heavy (non-hydrogen) atoms. The van der Waals surface area contributed by atoms with Crippen LogP contribution in [-0.2, 0) is 0 Å². The molecule has 164 valence electrons. The molecule has 0 spiro atoms. The average Bonchev–Trinajstić information content (AvgIpc) is 3.00. The maximum absolute atomic E-state index is 3.80. The molecule has 1 aliphatic heterocycles. The molecular formula is C29H40N2+2. The minimum Gasteiger partial charge on any atom is -0.0612 e. The molecule has 0 saturated heterocycles. The molecule has 2 nitrogen and oxygen atoms in total. The molecule has 0 aliphatic carbocycles. The van der Waals surface area contributed by atoms with Gasteiger partial charge in [-0.05, 0) is 23.7 Å². The van der Waals surface area contributed by atoms with E-state index in [4.69, 9.17) is 0 Å². The molecule has 0 fully saturated rings. The van der Waals surface area contributed by atoms with Gasteiger partial charge in [0, 0.05) is 36.1 Å². The average molecular weight is 417 g/mol. The van der Waals surface area contributed by atoms with Crippen LogP contribution in [-0.4, -0.2) is 15.2 Å². The third kappa shape index (κ3) is 4.19. The topological polar surface area (TPSA) is 6.02 Å². The summed E-state index contributed by atoms with van der Waals surface area (Å²) in [6.45, 7) is 22.7. The van der Waals surface area contributed by atoms with Gasteiger partial charge in [0.05, 0.1) is 0 Å². The van der Waals surface area contributed by atoms with Crippen molar-refractivity contribution < 1.29 is 9.15 Å². The number of hydrogen-bond acceptors (Lipinski definition) is 0. The van der Waals surface area contributed by atoms with Crippen molar-refractivity contribution in [2.24, 2.45) is 0 Å². The lowest BCUT2D eigenvalue weighted by atomic mass is 9.92. The Morgan fingerprint density at radius 2 is 0.774 bits per heavy atom. The standard InChI is InChI=1S/C29H40N2/c1-18(2)24-13-11-14-25(19(3)4)28(24)30-17-31(23(10)22(30)9)29-26(20(5)6)15-12-16-27(29)21(7)8/h11-16,18-21H,1-10H3/q+2. The van der Waals surface area contributed by atoms with Gasteiger partial charge in [0.15, 0.2) is 0 Å². The Hall–Kier alpha value is -2.44. The maximum atomic E-state index is 3.80. The summed E-state index contributed by atoms with van der Waals surface area (Å²) in [5.41, 5.74) is 10.7. The highest BCUT2D eigenvalue weighted by atomic mass is 15.2. The van der Waals surface area contributed by atoms with Gasteiger partial charge in [-0.2, -0.15) is 0 Å². The van der Waals surface area contributed by atoms with E-state index in [1.165, 1.54) is 45.0 Å². The molecule has 0 unspecified atom stereocenters. The van der Waals surface area contributed by atoms with Gasteiger partial charge in [-0.25, -0.2) is 0 Å². The van der Waals surface area contributed by atoms with E-state index in [2.05, 4.69) is 121 Å². The van der Waals surface area contributed by atoms with E-state index in [1.807, 2.05) is 0 Å². The van der Waals surface area contributed by atoms with E-state index < -0.39 is 0 Å². The molecule has 0 amide bonds. The molecule has 0 aromatic heterocycles. The second-order valence-corrected chi connectivity index (χ2v) is 10.1. The van der Waals surface area contributed by atoms with E-state index in [-0.39, 0.29) is 0 Å². The Balaban J connectivity index is 2.42. The van der Waals surface area contributed by atoms with Crippen molar-refractivity contribution in [3.05, 3.63) is 70.0 Å². The zero-order chi connectivity index (χ0) is 23.0. The van der Waals surface area contributed by atoms with E-state index in [1.54, 1.807) is 0 Å². The summed E-state index contributed by atoms with van der Waals surface area (Å²) < 4.78 is 4.64. The summed E-state index contributed by atoms with van der Waals surface area (Å²) in [6.07, 6.45) is 0. The van der Waals surface area contributed by atoms with Crippen molar-refractivity contribution in [2.75, 3.05) is 0 Å². The van der Waals surface area contributed by atoms with E-state index in [0.29, 0.717) is 23.7 Å². The SMILES string of the molecule is CC1=C(C)[N+](c2c(C(C)C)cccc2C(C)C)=C=[N+]1c1c(C(C)C)cccc1C(C)C. The normalized spacial score (nSPS) is 14.4. The second kappa shape index (κ2) is 8.97. The molecule has 1 aliphatic rings. The molecule has 1 heterocycles. The lowest BCUT2D eigenvalue weighted by molar-refractivity contribution is -0.403. The number of benzene rings is 2. The summed E-state index contributed by atoms with van der Waals surface area (Å²) in [4.78, 5) is 0. The first-order valence-electron chi connectivity index (χ1n) is 11.9. The first-order valence-corrected chi connectivity index (χ1v) is 11.9. The van der Waals surface area contributed by atoms with Crippen LogP contribution in [0.5, 0.6) is 0 Å². The zero-order valence-corrected chi connectivity index (χ0v) is 21.2.